The number of carbonyl (C=O) groups excluding carboxylic acids is 1. The van der Waals surface area contributed by atoms with Crippen LogP contribution in [0.4, 0.5) is 5.69 Å². The summed E-state index contributed by atoms with van der Waals surface area (Å²) < 4.78 is 5.45. The van der Waals surface area contributed by atoms with Crippen LogP contribution in [0.1, 0.15) is 28.8 Å². The Hall–Kier alpha value is -3.07. The maximum atomic E-state index is 12.7. The minimum absolute atomic E-state index is 0.0224. The average Bonchev–Trinajstić information content (AvgIpc) is 2.73. The highest BCUT2D eigenvalue weighted by atomic mass is 16.5. The number of rotatable bonds is 9. The minimum Gasteiger partial charge on any atom is -0.495 e. The number of benzene rings is 3. The lowest BCUT2D eigenvalue weighted by Gasteiger charge is -2.21. The number of aryl methyl sites for hydroxylation is 1. The van der Waals surface area contributed by atoms with E-state index in [1.54, 1.807) is 7.11 Å². The van der Waals surface area contributed by atoms with Gasteiger partial charge in [-0.25, -0.2) is 0 Å². The Balaban J connectivity index is 1.74. The molecule has 3 aromatic carbocycles. The Morgan fingerprint density at radius 3 is 2.22 bits per heavy atom. The van der Waals surface area contributed by atoms with Crippen molar-refractivity contribution >= 4 is 11.5 Å². The fourth-order valence-electron chi connectivity index (χ4n) is 3.16. The number of carbonyl (C=O) groups is 1. The molecule has 0 saturated carbocycles. The lowest BCUT2D eigenvalue weighted by molar-refractivity contribution is 0.0975. The Bertz CT molecular complexity index is 847. The molecule has 27 heavy (non-hydrogen) atoms. The Morgan fingerprint density at radius 2 is 1.52 bits per heavy atom. The first-order valence-electron chi connectivity index (χ1n) is 9.28. The molecule has 0 saturated heterocycles. The molecular formula is C24H25NO2. The van der Waals surface area contributed by atoms with Gasteiger partial charge in [0.05, 0.1) is 12.8 Å². The first kappa shape index (κ1) is 18.7. The maximum absolute atomic E-state index is 12.7. The largest absolute Gasteiger partial charge is 0.495 e. The van der Waals surface area contributed by atoms with E-state index in [1.807, 2.05) is 72.8 Å². The zero-order chi connectivity index (χ0) is 18.9. The third kappa shape index (κ3) is 5.45. The summed E-state index contributed by atoms with van der Waals surface area (Å²) in [5.74, 6) is 0.936. The predicted octanol–water partition coefficient (Wildman–Crippen LogP) is 5.38. The number of anilines is 1. The second-order valence-electron chi connectivity index (χ2n) is 6.56. The molecule has 1 N–H and O–H groups in total. The van der Waals surface area contributed by atoms with Crippen molar-refractivity contribution in [3.8, 4) is 5.75 Å². The van der Waals surface area contributed by atoms with Crippen LogP contribution in [0.5, 0.6) is 5.75 Å². The fraction of sp³-hybridized carbons (Fsp3) is 0.208. The number of hydrogen-bond donors (Lipinski definition) is 1. The van der Waals surface area contributed by atoms with Crippen LogP contribution in [-0.2, 0) is 6.42 Å². The summed E-state index contributed by atoms with van der Waals surface area (Å²) in [6, 6.07) is 27.7. The van der Waals surface area contributed by atoms with Gasteiger partial charge < -0.3 is 10.1 Å². The highest BCUT2D eigenvalue weighted by Gasteiger charge is 2.17. The molecule has 0 aliphatic carbocycles. The van der Waals surface area contributed by atoms with Crippen molar-refractivity contribution in [3.05, 3.63) is 96.1 Å². The maximum Gasteiger partial charge on any atom is 0.164 e. The Kier molecular flexibility index (Phi) is 6.64. The van der Waals surface area contributed by atoms with E-state index in [0.29, 0.717) is 6.42 Å². The zero-order valence-corrected chi connectivity index (χ0v) is 15.6. The summed E-state index contributed by atoms with van der Waals surface area (Å²) in [6.07, 6.45) is 2.21. The van der Waals surface area contributed by atoms with Gasteiger partial charge in [0.15, 0.2) is 5.78 Å². The minimum atomic E-state index is 0.0224. The van der Waals surface area contributed by atoms with Crippen LogP contribution < -0.4 is 10.1 Å². The molecule has 0 aromatic heterocycles. The third-order valence-electron chi connectivity index (χ3n) is 4.62. The van der Waals surface area contributed by atoms with E-state index < -0.39 is 0 Å². The van der Waals surface area contributed by atoms with Crippen molar-refractivity contribution in [2.45, 2.75) is 25.3 Å². The van der Waals surface area contributed by atoms with Gasteiger partial charge in [0.1, 0.15) is 5.75 Å². The molecule has 3 aromatic rings. The SMILES string of the molecule is COc1ccccc1NC(CCc1ccccc1)CC(=O)c1ccccc1. The zero-order valence-electron chi connectivity index (χ0n) is 15.6. The summed E-state index contributed by atoms with van der Waals surface area (Å²) in [6.45, 7) is 0. The van der Waals surface area contributed by atoms with E-state index >= 15 is 0 Å². The summed E-state index contributed by atoms with van der Waals surface area (Å²) >= 11 is 0. The Morgan fingerprint density at radius 1 is 0.889 bits per heavy atom. The monoisotopic (exact) mass is 359 g/mol. The number of ether oxygens (including phenoxy) is 1. The Labute approximate surface area is 161 Å². The first-order valence-corrected chi connectivity index (χ1v) is 9.28. The van der Waals surface area contributed by atoms with Crippen LogP contribution in [0.25, 0.3) is 0 Å². The van der Waals surface area contributed by atoms with Crippen molar-refractivity contribution in [2.24, 2.45) is 0 Å². The molecule has 138 valence electrons. The molecular weight excluding hydrogens is 334 g/mol. The van der Waals surface area contributed by atoms with Crippen molar-refractivity contribution in [2.75, 3.05) is 12.4 Å². The van der Waals surface area contributed by atoms with Crippen LogP contribution in [0, 0.1) is 0 Å². The summed E-state index contributed by atoms with van der Waals surface area (Å²) in [4.78, 5) is 12.7. The number of nitrogens with one attached hydrogen (secondary N) is 1. The van der Waals surface area contributed by atoms with Gasteiger partial charge in [-0.15, -0.1) is 0 Å². The van der Waals surface area contributed by atoms with Gasteiger partial charge in [-0.2, -0.15) is 0 Å². The smallest absolute Gasteiger partial charge is 0.164 e. The normalized spacial score (nSPS) is 11.6. The molecule has 1 atom stereocenters. The van der Waals surface area contributed by atoms with E-state index in [-0.39, 0.29) is 11.8 Å². The summed E-state index contributed by atoms with van der Waals surface area (Å²) in [7, 11) is 1.66. The quantitative estimate of drug-likeness (QED) is 0.521. The summed E-state index contributed by atoms with van der Waals surface area (Å²) in [5, 5.41) is 3.52. The molecule has 0 bridgehead atoms. The van der Waals surface area contributed by atoms with E-state index in [0.717, 1.165) is 29.8 Å². The topological polar surface area (TPSA) is 38.3 Å². The molecule has 3 nitrogen and oxygen atoms in total. The molecule has 0 aliphatic rings. The average molecular weight is 359 g/mol. The van der Waals surface area contributed by atoms with Crippen LogP contribution in [0.2, 0.25) is 0 Å². The van der Waals surface area contributed by atoms with Gasteiger partial charge >= 0.3 is 0 Å². The second-order valence-corrected chi connectivity index (χ2v) is 6.56. The van der Waals surface area contributed by atoms with E-state index in [4.69, 9.17) is 4.74 Å². The molecule has 0 spiro atoms. The summed E-state index contributed by atoms with van der Waals surface area (Å²) in [5.41, 5.74) is 2.94. The highest BCUT2D eigenvalue weighted by Crippen LogP contribution is 2.26. The molecule has 3 heteroatoms. The van der Waals surface area contributed by atoms with Crippen molar-refractivity contribution in [1.29, 1.82) is 0 Å². The molecule has 0 amide bonds. The molecule has 1 unspecified atom stereocenters. The van der Waals surface area contributed by atoms with Gasteiger partial charge in [-0.1, -0.05) is 72.8 Å². The number of para-hydroxylation sites is 2. The highest BCUT2D eigenvalue weighted by molar-refractivity contribution is 5.96. The number of hydrogen-bond acceptors (Lipinski definition) is 3. The first-order chi connectivity index (χ1) is 13.3. The standard InChI is InChI=1S/C24H25NO2/c1-27-24-15-9-8-14-22(24)25-21(17-16-19-10-4-2-5-11-19)18-23(26)20-12-6-3-7-13-20/h2-15,21,25H,16-18H2,1H3. The number of Topliss-reactive ketones (excluding diaryl/α,β-unsaturated/α-hetero) is 1. The fourth-order valence-corrected chi connectivity index (χ4v) is 3.16. The predicted molar refractivity (Wildman–Crippen MR) is 111 cm³/mol. The van der Waals surface area contributed by atoms with Gasteiger partial charge in [0, 0.05) is 18.0 Å². The molecule has 0 aliphatic heterocycles. The van der Waals surface area contributed by atoms with E-state index in [9.17, 15) is 4.79 Å². The molecule has 3 rings (SSSR count). The van der Waals surface area contributed by atoms with E-state index in [2.05, 4.69) is 17.4 Å². The van der Waals surface area contributed by atoms with Gasteiger partial charge in [-0.05, 0) is 30.5 Å². The lowest BCUT2D eigenvalue weighted by Crippen LogP contribution is -2.24. The van der Waals surface area contributed by atoms with Gasteiger partial charge in [-0.3, -0.25) is 4.79 Å². The van der Waals surface area contributed by atoms with Crippen LogP contribution in [0.15, 0.2) is 84.9 Å². The van der Waals surface area contributed by atoms with Crippen LogP contribution in [0.3, 0.4) is 0 Å². The van der Waals surface area contributed by atoms with Crippen molar-refractivity contribution in [1.82, 2.24) is 0 Å². The lowest BCUT2D eigenvalue weighted by atomic mass is 9.98. The van der Waals surface area contributed by atoms with Crippen molar-refractivity contribution < 1.29 is 9.53 Å². The molecule has 0 fully saturated rings. The van der Waals surface area contributed by atoms with Crippen LogP contribution in [-0.4, -0.2) is 18.9 Å². The van der Waals surface area contributed by atoms with Crippen molar-refractivity contribution in [3.63, 3.8) is 0 Å². The van der Waals surface area contributed by atoms with Gasteiger partial charge in [0.2, 0.25) is 0 Å². The van der Waals surface area contributed by atoms with E-state index in [1.165, 1.54) is 5.56 Å². The second kappa shape index (κ2) is 9.58. The number of ketones is 1. The molecule has 0 radical (unpaired) electrons. The number of methoxy groups -OCH3 is 1. The third-order valence-corrected chi connectivity index (χ3v) is 4.62. The molecule has 0 heterocycles. The van der Waals surface area contributed by atoms with Gasteiger partial charge in [0.25, 0.3) is 0 Å². The van der Waals surface area contributed by atoms with Crippen LogP contribution >= 0.6 is 0 Å².